The van der Waals surface area contributed by atoms with Gasteiger partial charge in [0, 0.05) is 51.5 Å². The van der Waals surface area contributed by atoms with E-state index in [2.05, 4.69) is 58.5 Å². The summed E-state index contributed by atoms with van der Waals surface area (Å²) in [5, 5.41) is 5.67. The SMILES string of the molecule is CC(C)c1ccc(NC(=O)C[C@H]2C(=O)NCCN2C(=O)CN2CCN(Cc3ccccc3)CC2)cc1. The standard InChI is InChI=1S/C28H37N5O3/c1-21(2)23-8-10-24(11-9-23)30-26(34)18-25-28(36)29-12-13-33(25)27(35)20-32-16-14-31(15-17-32)19-22-6-4-3-5-7-22/h3-11,21,25H,12-20H2,1-2H3,(H,29,36)(H,30,34)/t25-/m0/s1. The number of rotatable bonds is 8. The molecule has 2 aromatic rings. The van der Waals surface area contributed by atoms with Gasteiger partial charge in [0.25, 0.3) is 0 Å². The number of hydrogen-bond donors (Lipinski definition) is 2. The predicted octanol–water partition coefficient (Wildman–Crippen LogP) is 2.28. The maximum atomic E-state index is 13.2. The van der Waals surface area contributed by atoms with Crippen molar-refractivity contribution in [3.05, 3.63) is 65.7 Å². The van der Waals surface area contributed by atoms with E-state index >= 15 is 0 Å². The number of hydrogen-bond acceptors (Lipinski definition) is 5. The molecule has 2 saturated heterocycles. The summed E-state index contributed by atoms with van der Waals surface area (Å²) in [6.45, 7) is 9.62. The molecule has 0 radical (unpaired) electrons. The molecule has 0 saturated carbocycles. The average Bonchev–Trinajstić information content (AvgIpc) is 2.87. The minimum absolute atomic E-state index is 0.0612. The highest BCUT2D eigenvalue weighted by atomic mass is 16.2. The fourth-order valence-corrected chi connectivity index (χ4v) is 4.78. The van der Waals surface area contributed by atoms with Gasteiger partial charge >= 0.3 is 0 Å². The van der Waals surface area contributed by atoms with Gasteiger partial charge in [-0.15, -0.1) is 0 Å². The van der Waals surface area contributed by atoms with E-state index in [4.69, 9.17) is 0 Å². The van der Waals surface area contributed by atoms with Crippen molar-refractivity contribution < 1.29 is 14.4 Å². The minimum atomic E-state index is -0.791. The molecule has 2 aliphatic rings. The Bertz CT molecular complexity index is 1030. The molecule has 2 heterocycles. The minimum Gasteiger partial charge on any atom is -0.353 e. The van der Waals surface area contributed by atoms with Crippen molar-refractivity contribution in [2.24, 2.45) is 0 Å². The summed E-state index contributed by atoms with van der Waals surface area (Å²) in [4.78, 5) is 44.7. The molecule has 2 aromatic carbocycles. The Morgan fingerprint density at radius 1 is 0.944 bits per heavy atom. The highest BCUT2D eigenvalue weighted by molar-refractivity contribution is 5.97. The van der Waals surface area contributed by atoms with Gasteiger partial charge in [0.1, 0.15) is 6.04 Å². The third-order valence-corrected chi connectivity index (χ3v) is 6.96. The summed E-state index contributed by atoms with van der Waals surface area (Å²) < 4.78 is 0. The van der Waals surface area contributed by atoms with Crippen molar-refractivity contribution in [3.63, 3.8) is 0 Å². The number of anilines is 1. The monoisotopic (exact) mass is 491 g/mol. The van der Waals surface area contributed by atoms with Crippen LogP contribution in [0.2, 0.25) is 0 Å². The number of nitrogens with zero attached hydrogens (tertiary/aromatic N) is 3. The molecule has 36 heavy (non-hydrogen) atoms. The van der Waals surface area contributed by atoms with Gasteiger partial charge in [-0.2, -0.15) is 0 Å². The van der Waals surface area contributed by atoms with Crippen LogP contribution in [0, 0.1) is 0 Å². The van der Waals surface area contributed by atoms with Crippen LogP contribution in [0.15, 0.2) is 54.6 Å². The Hall–Kier alpha value is -3.23. The van der Waals surface area contributed by atoms with E-state index in [0.29, 0.717) is 24.7 Å². The molecular formula is C28H37N5O3. The zero-order chi connectivity index (χ0) is 25.5. The lowest BCUT2D eigenvalue weighted by atomic mass is 10.0. The largest absolute Gasteiger partial charge is 0.353 e. The number of benzene rings is 2. The fourth-order valence-electron chi connectivity index (χ4n) is 4.78. The molecule has 0 unspecified atom stereocenters. The second kappa shape index (κ2) is 12.1. The van der Waals surface area contributed by atoms with Gasteiger partial charge in [0.05, 0.1) is 13.0 Å². The first-order valence-electron chi connectivity index (χ1n) is 12.8. The zero-order valence-electron chi connectivity index (χ0n) is 21.3. The lowest BCUT2D eigenvalue weighted by Gasteiger charge is -2.38. The average molecular weight is 492 g/mol. The number of nitrogens with one attached hydrogen (secondary N) is 2. The molecule has 0 aliphatic carbocycles. The molecule has 0 aromatic heterocycles. The van der Waals surface area contributed by atoms with E-state index in [1.165, 1.54) is 11.1 Å². The molecule has 192 valence electrons. The Morgan fingerprint density at radius 2 is 1.61 bits per heavy atom. The molecular weight excluding hydrogens is 454 g/mol. The quantitative estimate of drug-likeness (QED) is 0.592. The van der Waals surface area contributed by atoms with Gasteiger partial charge in [-0.25, -0.2) is 0 Å². The second-order valence-electron chi connectivity index (χ2n) is 9.96. The fraction of sp³-hybridized carbons (Fsp3) is 0.464. The van der Waals surface area contributed by atoms with Gasteiger partial charge in [0.2, 0.25) is 17.7 Å². The van der Waals surface area contributed by atoms with E-state index in [-0.39, 0.29) is 30.7 Å². The Labute approximate surface area is 213 Å². The first-order valence-corrected chi connectivity index (χ1v) is 12.8. The summed E-state index contributed by atoms with van der Waals surface area (Å²) in [5.41, 5.74) is 3.17. The summed E-state index contributed by atoms with van der Waals surface area (Å²) in [7, 11) is 0. The highest BCUT2D eigenvalue weighted by Crippen LogP contribution is 2.18. The number of carbonyl (C=O) groups excluding carboxylic acids is 3. The lowest BCUT2D eigenvalue weighted by Crippen LogP contribution is -2.60. The molecule has 8 heteroatoms. The van der Waals surface area contributed by atoms with Crippen molar-refractivity contribution in [2.75, 3.05) is 51.1 Å². The molecule has 2 aliphatic heterocycles. The van der Waals surface area contributed by atoms with Gasteiger partial charge in [-0.1, -0.05) is 56.3 Å². The van der Waals surface area contributed by atoms with Gasteiger partial charge < -0.3 is 15.5 Å². The highest BCUT2D eigenvalue weighted by Gasteiger charge is 2.35. The normalized spacial score (nSPS) is 19.2. The van der Waals surface area contributed by atoms with Crippen molar-refractivity contribution >= 4 is 23.4 Å². The van der Waals surface area contributed by atoms with Crippen molar-refractivity contribution in [1.82, 2.24) is 20.0 Å². The van der Waals surface area contributed by atoms with Crippen LogP contribution < -0.4 is 10.6 Å². The molecule has 8 nitrogen and oxygen atoms in total. The van der Waals surface area contributed by atoms with E-state index in [1.54, 1.807) is 4.90 Å². The topological polar surface area (TPSA) is 85.0 Å². The van der Waals surface area contributed by atoms with E-state index in [0.717, 1.165) is 32.7 Å². The van der Waals surface area contributed by atoms with Crippen LogP contribution in [0.1, 0.15) is 37.3 Å². The first-order chi connectivity index (χ1) is 17.4. The summed E-state index contributed by atoms with van der Waals surface area (Å²) >= 11 is 0. The first kappa shape index (κ1) is 25.9. The van der Waals surface area contributed by atoms with Crippen LogP contribution in [0.5, 0.6) is 0 Å². The Kier molecular flexibility index (Phi) is 8.72. The van der Waals surface area contributed by atoms with E-state index in [9.17, 15) is 14.4 Å². The second-order valence-corrected chi connectivity index (χ2v) is 9.96. The summed E-state index contributed by atoms with van der Waals surface area (Å²) in [6.07, 6.45) is -0.0612. The van der Waals surface area contributed by atoms with Crippen LogP contribution in [0.25, 0.3) is 0 Å². The van der Waals surface area contributed by atoms with Gasteiger partial charge in [-0.05, 0) is 29.2 Å². The smallest absolute Gasteiger partial charge is 0.243 e. The van der Waals surface area contributed by atoms with Crippen LogP contribution in [-0.2, 0) is 20.9 Å². The molecule has 3 amide bonds. The molecule has 0 bridgehead atoms. The van der Waals surface area contributed by atoms with Crippen LogP contribution in [0.3, 0.4) is 0 Å². The molecule has 0 spiro atoms. The van der Waals surface area contributed by atoms with Crippen molar-refractivity contribution in [3.8, 4) is 0 Å². The molecule has 2 fully saturated rings. The van der Waals surface area contributed by atoms with Crippen molar-refractivity contribution in [2.45, 2.75) is 38.8 Å². The Balaban J connectivity index is 1.28. The Morgan fingerprint density at radius 3 is 2.28 bits per heavy atom. The summed E-state index contributed by atoms with van der Waals surface area (Å²) in [6, 6.07) is 17.3. The lowest BCUT2D eigenvalue weighted by molar-refractivity contribution is -0.145. The van der Waals surface area contributed by atoms with Crippen LogP contribution in [-0.4, -0.2) is 84.3 Å². The molecule has 1 atom stereocenters. The number of piperazine rings is 2. The molecule has 4 rings (SSSR count). The molecule has 2 N–H and O–H groups in total. The van der Waals surface area contributed by atoms with E-state index < -0.39 is 6.04 Å². The maximum Gasteiger partial charge on any atom is 0.243 e. The van der Waals surface area contributed by atoms with Gasteiger partial charge in [0.15, 0.2) is 0 Å². The van der Waals surface area contributed by atoms with Crippen LogP contribution in [0.4, 0.5) is 5.69 Å². The summed E-state index contributed by atoms with van der Waals surface area (Å²) in [5.74, 6) is -0.234. The number of amides is 3. The van der Waals surface area contributed by atoms with Gasteiger partial charge in [-0.3, -0.25) is 24.2 Å². The third-order valence-electron chi connectivity index (χ3n) is 6.96. The zero-order valence-corrected chi connectivity index (χ0v) is 21.3. The third kappa shape index (κ3) is 6.92. The maximum absolute atomic E-state index is 13.2. The predicted molar refractivity (Wildman–Crippen MR) is 140 cm³/mol. The van der Waals surface area contributed by atoms with E-state index in [1.807, 2.05) is 30.3 Å². The van der Waals surface area contributed by atoms with Crippen molar-refractivity contribution in [1.29, 1.82) is 0 Å². The van der Waals surface area contributed by atoms with Crippen LogP contribution >= 0.6 is 0 Å². The number of carbonyl (C=O) groups is 3.